The number of rotatable bonds is 0. The van der Waals surface area contributed by atoms with E-state index in [-0.39, 0.29) is 16.9 Å². The first-order chi connectivity index (χ1) is 10.1. The van der Waals surface area contributed by atoms with Gasteiger partial charge in [-0.3, -0.25) is 4.79 Å². The number of hydrogen-bond acceptors (Lipinski definition) is 4. The highest BCUT2D eigenvalue weighted by molar-refractivity contribution is 5.99. The van der Waals surface area contributed by atoms with E-state index in [4.69, 9.17) is 4.42 Å². The third kappa shape index (κ3) is 1.73. The second kappa shape index (κ2) is 3.99. The number of benzene rings is 3. The number of hydrogen-bond donors (Lipinski definition) is 2. The average molecular weight is 278 g/mol. The van der Waals surface area contributed by atoms with E-state index in [1.165, 1.54) is 12.1 Å². The predicted octanol–water partition coefficient (Wildman–Crippen LogP) is 3.51. The van der Waals surface area contributed by atoms with Gasteiger partial charge in [-0.15, -0.1) is 0 Å². The number of phenols is 2. The molecule has 0 aliphatic carbocycles. The highest BCUT2D eigenvalue weighted by Gasteiger charge is 2.09. The van der Waals surface area contributed by atoms with Gasteiger partial charge in [0.1, 0.15) is 22.7 Å². The van der Waals surface area contributed by atoms with Gasteiger partial charge in [0.2, 0.25) is 5.43 Å². The van der Waals surface area contributed by atoms with Crippen molar-refractivity contribution in [1.29, 1.82) is 0 Å². The maximum atomic E-state index is 12.5. The van der Waals surface area contributed by atoms with Crippen LogP contribution < -0.4 is 5.43 Å². The van der Waals surface area contributed by atoms with E-state index < -0.39 is 0 Å². The molecule has 3 aromatic carbocycles. The Labute approximate surface area is 118 Å². The summed E-state index contributed by atoms with van der Waals surface area (Å²) in [5.74, 6) is 0.202. The molecule has 102 valence electrons. The van der Waals surface area contributed by atoms with Gasteiger partial charge >= 0.3 is 0 Å². The topological polar surface area (TPSA) is 70.7 Å². The van der Waals surface area contributed by atoms with Crippen molar-refractivity contribution in [3.63, 3.8) is 0 Å². The van der Waals surface area contributed by atoms with Crippen LogP contribution in [0.1, 0.15) is 0 Å². The zero-order valence-electron chi connectivity index (χ0n) is 10.8. The molecule has 0 unspecified atom stereocenters. The Kier molecular flexibility index (Phi) is 2.24. The summed E-state index contributed by atoms with van der Waals surface area (Å²) in [7, 11) is 0. The highest BCUT2D eigenvalue weighted by atomic mass is 16.3. The van der Waals surface area contributed by atoms with Crippen LogP contribution in [0.5, 0.6) is 11.5 Å². The molecular formula is C17H10O4. The van der Waals surface area contributed by atoms with Crippen molar-refractivity contribution < 1.29 is 14.6 Å². The molecule has 0 aliphatic rings. The van der Waals surface area contributed by atoms with E-state index in [0.29, 0.717) is 21.9 Å². The fourth-order valence-electron chi connectivity index (χ4n) is 2.57. The molecule has 1 heterocycles. The summed E-state index contributed by atoms with van der Waals surface area (Å²) >= 11 is 0. The first-order valence-electron chi connectivity index (χ1n) is 6.44. The molecule has 0 aliphatic heterocycles. The van der Waals surface area contributed by atoms with Gasteiger partial charge in [0.05, 0.1) is 10.8 Å². The van der Waals surface area contributed by atoms with Gasteiger partial charge < -0.3 is 14.6 Å². The maximum Gasteiger partial charge on any atom is 0.200 e. The van der Waals surface area contributed by atoms with E-state index in [9.17, 15) is 15.0 Å². The smallest absolute Gasteiger partial charge is 0.200 e. The quantitative estimate of drug-likeness (QED) is 0.483. The average Bonchev–Trinajstić information content (AvgIpc) is 2.46. The number of phenolic OH excluding ortho intramolecular Hbond substituents is 2. The van der Waals surface area contributed by atoms with Crippen molar-refractivity contribution in [3.8, 4) is 11.5 Å². The minimum absolute atomic E-state index is 0.0516. The molecule has 0 spiro atoms. The van der Waals surface area contributed by atoms with Crippen molar-refractivity contribution in [1.82, 2.24) is 0 Å². The molecule has 0 amide bonds. The summed E-state index contributed by atoms with van der Waals surface area (Å²) < 4.78 is 5.72. The second-order valence-corrected chi connectivity index (χ2v) is 4.99. The van der Waals surface area contributed by atoms with Gasteiger partial charge in [-0.25, -0.2) is 0 Å². The van der Waals surface area contributed by atoms with Crippen LogP contribution in [-0.2, 0) is 0 Å². The summed E-state index contributed by atoms with van der Waals surface area (Å²) in [5, 5.41) is 21.6. The lowest BCUT2D eigenvalue weighted by molar-refractivity contribution is 0.474. The summed E-state index contributed by atoms with van der Waals surface area (Å²) in [6, 6.07) is 12.8. The first-order valence-corrected chi connectivity index (χ1v) is 6.44. The molecular weight excluding hydrogens is 268 g/mol. The van der Waals surface area contributed by atoms with Crippen LogP contribution in [0.4, 0.5) is 0 Å². The van der Waals surface area contributed by atoms with Crippen LogP contribution in [-0.4, -0.2) is 10.2 Å². The first kappa shape index (κ1) is 11.8. The van der Waals surface area contributed by atoms with Crippen molar-refractivity contribution in [2.24, 2.45) is 0 Å². The molecule has 0 saturated heterocycles. The van der Waals surface area contributed by atoms with Crippen molar-refractivity contribution >= 4 is 32.7 Å². The number of fused-ring (bicyclic) bond motifs is 3. The molecule has 0 atom stereocenters. The standard InChI is InChI=1S/C17H10O4/c18-11-2-1-9-7-15-14(6-10(9)5-11)17(20)13-4-3-12(19)8-16(13)21-15/h1-8,18-19H. The van der Waals surface area contributed by atoms with Gasteiger partial charge in [0.15, 0.2) is 0 Å². The molecule has 0 radical (unpaired) electrons. The Balaban J connectivity index is 2.22. The van der Waals surface area contributed by atoms with Gasteiger partial charge in [-0.1, -0.05) is 6.07 Å². The molecule has 0 fully saturated rings. The van der Waals surface area contributed by atoms with Crippen LogP contribution in [0.15, 0.2) is 57.7 Å². The fraction of sp³-hybridized carbons (Fsp3) is 0. The molecule has 4 nitrogen and oxygen atoms in total. The third-order valence-corrected chi connectivity index (χ3v) is 3.60. The highest BCUT2D eigenvalue weighted by Crippen LogP contribution is 2.27. The summed E-state index contributed by atoms with van der Waals surface area (Å²) in [6.45, 7) is 0. The van der Waals surface area contributed by atoms with Gasteiger partial charge in [-0.05, 0) is 47.2 Å². The third-order valence-electron chi connectivity index (χ3n) is 3.60. The van der Waals surface area contributed by atoms with Gasteiger partial charge in [0.25, 0.3) is 0 Å². The van der Waals surface area contributed by atoms with Crippen molar-refractivity contribution in [2.45, 2.75) is 0 Å². The van der Waals surface area contributed by atoms with Gasteiger partial charge in [-0.2, -0.15) is 0 Å². The Morgan fingerprint density at radius 1 is 0.714 bits per heavy atom. The second-order valence-electron chi connectivity index (χ2n) is 4.99. The summed E-state index contributed by atoms with van der Waals surface area (Å²) in [4.78, 5) is 12.5. The van der Waals surface area contributed by atoms with Crippen LogP contribution in [0.25, 0.3) is 32.7 Å². The van der Waals surface area contributed by atoms with Crippen molar-refractivity contribution in [2.75, 3.05) is 0 Å². The normalized spacial score (nSPS) is 11.4. The van der Waals surface area contributed by atoms with Gasteiger partial charge in [0, 0.05) is 6.07 Å². The van der Waals surface area contributed by atoms with E-state index in [1.807, 2.05) is 0 Å². The largest absolute Gasteiger partial charge is 0.508 e. The Bertz CT molecular complexity index is 1080. The monoisotopic (exact) mass is 278 g/mol. The van der Waals surface area contributed by atoms with E-state index in [1.54, 1.807) is 36.4 Å². The lowest BCUT2D eigenvalue weighted by Crippen LogP contribution is -2.01. The maximum absolute atomic E-state index is 12.5. The van der Waals surface area contributed by atoms with Crippen LogP contribution in [0.2, 0.25) is 0 Å². The Morgan fingerprint density at radius 3 is 2.29 bits per heavy atom. The lowest BCUT2D eigenvalue weighted by Gasteiger charge is -2.04. The summed E-state index contributed by atoms with van der Waals surface area (Å²) in [6.07, 6.45) is 0. The zero-order valence-corrected chi connectivity index (χ0v) is 10.8. The SMILES string of the molecule is O=c1c2ccc(O)cc2oc2cc3ccc(O)cc3cc12. The molecule has 2 N–H and O–H groups in total. The summed E-state index contributed by atoms with van der Waals surface area (Å²) in [5.41, 5.74) is 0.651. The number of aromatic hydroxyl groups is 2. The predicted molar refractivity (Wildman–Crippen MR) is 80.8 cm³/mol. The Hall–Kier alpha value is -3.01. The van der Waals surface area contributed by atoms with E-state index >= 15 is 0 Å². The lowest BCUT2D eigenvalue weighted by atomic mass is 10.1. The molecule has 4 aromatic rings. The molecule has 1 aromatic heterocycles. The molecule has 21 heavy (non-hydrogen) atoms. The van der Waals surface area contributed by atoms with E-state index in [0.717, 1.165) is 10.8 Å². The van der Waals surface area contributed by atoms with Crippen LogP contribution >= 0.6 is 0 Å². The minimum Gasteiger partial charge on any atom is -0.508 e. The molecule has 4 heteroatoms. The van der Waals surface area contributed by atoms with E-state index in [2.05, 4.69) is 0 Å². The molecule has 4 rings (SSSR count). The van der Waals surface area contributed by atoms with Crippen molar-refractivity contribution in [3.05, 3.63) is 58.8 Å². The zero-order chi connectivity index (χ0) is 14.6. The molecule has 0 saturated carbocycles. The minimum atomic E-state index is -0.156. The Morgan fingerprint density at radius 2 is 1.43 bits per heavy atom. The fourth-order valence-corrected chi connectivity index (χ4v) is 2.57. The molecule has 0 bridgehead atoms. The van der Waals surface area contributed by atoms with Crippen LogP contribution in [0.3, 0.4) is 0 Å². The van der Waals surface area contributed by atoms with Crippen LogP contribution in [0, 0.1) is 0 Å².